The Morgan fingerprint density at radius 3 is 3.00 bits per heavy atom. The van der Waals surface area contributed by atoms with Gasteiger partial charge < -0.3 is 5.11 Å². The lowest BCUT2D eigenvalue weighted by Crippen LogP contribution is -1.85. The maximum Gasteiger partial charge on any atom is 0.327 e. The number of rotatable bonds is 3. The zero-order valence-corrected chi connectivity index (χ0v) is 4.56. The third kappa shape index (κ3) is 6.52. The predicted octanol–water partition coefficient (Wildman–Crippen LogP) is 0.938. The molecule has 9 heavy (non-hydrogen) atoms. The smallest absolute Gasteiger partial charge is 0.327 e. The average Bonchev–Trinajstić information content (AvgIpc) is 1.80. The summed E-state index contributed by atoms with van der Waals surface area (Å²) in [6, 6.07) is 0. The van der Waals surface area contributed by atoms with Crippen molar-refractivity contribution in [3.05, 3.63) is 22.6 Å². The zero-order chi connectivity index (χ0) is 7.11. The molecule has 5 nitrogen and oxygen atoms in total. The first-order valence-corrected chi connectivity index (χ1v) is 2.17. The van der Waals surface area contributed by atoms with Gasteiger partial charge >= 0.3 is 5.97 Å². The van der Waals surface area contributed by atoms with Crippen LogP contribution in [0.1, 0.15) is 0 Å². The summed E-state index contributed by atoms with van der Waals surface area (Å²) in [4.78, 5) is 12.2. The minimum absolute atomic E-state index is 0.0861. The van der Waals surface area contributed by atoms with Crippen molar-refractivity contribution < 1.29 is 9.90 Å². The summed E-state index contributed by atoms with van der Waals surface area (Å²) in [6.07, 6.45) is 2.19. The molecule has 0 aromatic rings. The lowest BCUT2D eigenvalue weighted by Gasteiger charge is -1.74. The van der Waals surface area contributed by atoms with E-state index >= 15 is 0 Å². The number of nitrogens with zero attached hydrogens (tertiary/aromatic N) is 3. The van der Waals surface area contributed by atoms with Crippen molar-refractivity contribution in [1.82, 2.24) is 0 Å². The minimum Gasteiger partial charge on any atom is -0.478 e. The lowest BCUT2D eigenvalue weighted by atomic mass is 10.5. The molecule has 0 aliphatic rings. The molecule has 0 bridgehead atoms. The number of hydrogen-bond donors (Lipinski definition) is 1. The fourth-order valence-corrected chi connectivity index (χ4v) is 0.237. The highest BCUT2D eigenvalue weighted by Crippen LogP contribution is 1.75. The second-order valence-corrected chi connectivity index (χ2v) is 1.15. The second-order valence-electron chi connectivity index (χ2n) is 1.15. The monoisotopic (exact) mass is 127 g/mol. The van der Waals surface area contributed by atoms with Crippen molar-refractivity contribution in [3.63, 3.8) is 0 Å². The van der Waals surface area contributed by atoms with Crippen LogP contribution in [-0.4, -0.2) is 17.6 Å². The van der Waals surface area contributed by atoms with Crippen LogP contribution in [0.4, 0.5) is 0 Å². The van der Waals surface area contributed by atoms with Crippen molar-refractivity contribution in [2.75, 3.05) is 6.54 Å². The first-order valence-electron chi connectivity index (χ1n) is 2.17. The standard InChI is InChI=1S/C4H5N3O2/c5-7-6-3-1-2-4(8)9/h1-2H,3H2,(H,8,9)/b2-1+. The summed E-state index contributed by atoms with van der Waals surface area (Å²) < 4.78 is 0. The Labute approximate surface area is 51.2 Å². The average molecular weight is 127 g/mol. The van der Waals surface area contributed by atoms with E-state index in [1.54, 1.807) is 0 Å². The molecule has 0 heterocycles. The first-order chi connectivity index (χ1) is 4.27. The van der Waals surface area contributed by atoms with Gasteiger partial charge in [0.05, 0.1) is 0 Å². The molecular weight excluding hydrogens is 122 g/mol. The number of aliphatic carboxylic acids is 1. The lowest BCUT2D eigenvalue weighted by molar-refractivity contribution is -0.131. The van der Waals surface area contributed by atoms with Crippen molar-refractivity contribution in [2.24, 2.45) is 5.11 Å². The molecule has 0 aliphatic carbocycles. The topological polar surface area (TPSA) is 86.1 Å². The molecule has 0 radical (unpaired) electrons. The van der Waals surface area contributed by atoms with Crippen LogP contribution >= 0.6 is 0 Å². The van der Waals surface area contributed by atoms with Gasteiger partial charge in [0, 0.05) is 17.5 Å². The molecule has 0 spiro atoms. The fraction of sp³-hybridized carbons (Fsp3) is 0.250. The molecule has 0 saturated heterocycles. The van der Waals surface area contributed by atoms with Crippen LogP contribution in [0.15, 0.2) is 17.3 Å². The molecule has 0 aromatic carbocycles. The Kier molecular flexibility index (Phi) is 3.90. The van der Waals surface area contributed by atoms with Gasteiger partial charge in [-0.15, -0.1) is 0 Å². The summed E-state index contributed by atoms with van der Waals surface area (Å²) >= 11 is 0. The Morgan fingerprint density at radius 2 is 2.56 bits per heavy atom. The molecule has 0 saturated carbocycles. The summed E-state index contributed by atoms with van der Waals surface area (Å²) in [5, 5.41) is 11.1. The van der Waals surface area contributed by atoms with Crippen molar-refractivity contribution in [1.29, 1.82) is 0 Å². The van der Waals surface area contributed by atoms with E-state index in [9.17, 15) is 4.79 Å². The van der Waals surface area contributed by atoms with E-state index in [2.05, 4.69) is 10.0 Å². The van der Waals surface area contributed by atoms with Crippen LogP contribution in [0, 0.1) is 0 Å². The molecule has 0 amide bonds. The zero-order valence-electron chi connectivity index (χ0n) is 4.56. The molecule has 1 N–H and O–H groups in total. The SMILES string of the molecule is [N-]=[N+]=NC/C=C/C(=O)O. The molecule has 0 aliphatic heterocycles. The maximum absolute atomic E-state index is 9.74. The van der Waals surface area contributed by atoms with Gasteiger partial charge in [0.1, 0.15) is 0 Å². The molecule has 0 aromatic heterocycles. The third-order valence-electron chi connectivity index (χ3n) is 0.511. The third-order valence-corrected chi connectivity index (χ3v) is 0.511. The highest BCUT2D eigenvalue weighted by Gasteiger charge is 1.80. The fourth-order valence-electron chi connectivity index (χ4n) is 0.237. The molecular formula is C4H5N3O2. The quantitative estimate of drug-likeness (QED) is 0.264. The van der Waals surface area contributed by atoms with E-state index in [0.717, 1.165) is 6.08 Å². The Morgan fingerprint density at radius 1 is 1.89 bits per heavy atom. The Hall–Kier alpha value is -1.48. The van der Waals surface area contributed by atoms with Gasteiger partial charge in [-0.3, -0.25) is 0 Å². The van der Waals surface area contributed by atoms with Crippen LogP contribution in [0.25, 0.3) is 10.4 Å². The van der Waals surface area contributed by atoms with Crippen LogP contribution < -0.4 is 0 Å². The number of carbonyl (C=O) groups is 1. The molecule has 0 fully saturated rings. The van der Waals surface area contributed by atoms with E-state index < -0.39 is 5.97 Å². The largest absolute Gasteiger partial charge is 0.478 e. The summed E-state index contributed by atoms with van der Waals surface area (Å²) in [7, 11) is 0. The van der Waals surface area contributed by atoms with Gasteiger partial charge in [0.25, 0.3) is 0 Å². The van der Waals surface area contributed by atoms with Crippen LogP contribution in [-0.2, 0) is 4.79 Å². The Bertz CT molecular complexity index is 169. The van der Waals surface area contributed by atoms with E-state index in [1.165, 1.54) is 6.08 Å². The molecule has 48 valence electrons. The summed E-state index contributed by atoms with van der Waals surface area (Å²) in [5.41, 5.74) is 7.71. The van der Waals surface area contributed by atoms with Crippen molar-refractivity contribution in [2.45, 2.75) is 0 Å². The number of carboxylic acid groups (broad SMARTS) is 1. The van der Waals surface area contributed by atoms with Gasteiger partial charge in [0.15, 0.2) is 0 Å². The Balaban J connectivity index is 3.48. The van der Waals surface area contributed by atoms with E-state index in [1.807, 2.05) is 0 Å². The van der Waals surface area contributed by atoms with E-state index in [4.69, 9.17) is 10.6 Å². The normalized spacial score (nSPS) is 8.89. The van der Waals surface area contributed by atoms with Gasteiger partial charge in [-0.25, -0.2) is 4.79 Å². The van der Waals surface area contributed by atoms with Crippen LogP contribution in [0.2, 0.25) is 0 Å². The molecule has 0 atom stereocenters. The van der Waals surface area contributed by atoms with Gasteiger partial charge in [-0.1, -0.05) is 11.2 Å². The first kappa shape index (κ1) is 7.52. The van der Waals surface area contributed by atoms with Crippen LogP contribution in [0.3, 0.4) is 0 Å². The minimum atomic E-state index is -1.04. The van der Waals surface area contributed by atoms with E-state index in [0.29, 0.717) is 0 Å². The highest BCUT2D eigenvalue weighted by atomic mass is 16.4. The van der Waals surface area contributed by atoms with Gasteiger partial charge in [0.2, 0.25) is 0 Å². The molecule has 0 unspecified atom stereocenters. The van der Waals surface area contributed by atoms with Crippen molar-refractivity contribution in [3.8, 4) is 0 Å². The number of carboxylic acids is 1. The molecule has 5 heteroatoms. The van der Waals surface area contributed by atoms with Gasteiger partial charge in [-0.2, -0.15) is 0 Å². The van der Waals surface area contributed by atoms with E-state index in [-0.39, 0.29) is 6.54 Å². The highest BCUT2D eigenvalue weighted by molar-refractivity contribution is 5.79. The summed E-state index contributed by atoms with van der Waals surface area (Å²) in [5.74, 6) is -1.04. The number of hydrogen-bond acceptors (Lipinski definition) is 2. The van der Waals surface area contributed by atoms with Gasteiger partial charge in [-0.05, 0) is 5.53 Å². The van der Waals surface area contributed by atoms with Crippen LogP contribution in [0.5, 0.6) is 0 Å². The predicted molar refractivity (Wildman–Crippen MR) is 30.8 cm³/mol. The summed E-state index contributed by atoms with van der Waals surface area (Å²) in [6.45, 7) is 0.0861. The maximum atomic E-state index is 9.74. The number of azide groups is 1. The molecule has 0 rings (SSSR count). The van der Waals surface area contributed by atoms with Crippen molar-refractivity contribution >= 4 is 5.97 Å². The second kappa shape index (κ2) is 4.67.